The van der Waals surface area contributed by atoms with Gasteiger partial charge in [0.25, 0.3) is 5.91 Å². The van der Waals surface area contributed by atoms with Crippen LogP contribution in [0.1, 0.15) is 46.2 Å². The second kappa shape index (κ2) is 11.3. The van der Waals surface area contributed by atoms with E-state index in [-0.39, 0.29) is 17.3 Å². The second-order valence-corrected chi connectivity index (χ2v) is 7.08. The highest BCUT2D eigenvalue weighted by atomic mass is 19.1. The third kappa shape index (κ3) is 6.85. The van der Waals surface area contributed by atoms with Crippen LogP contribution in [0.5, 0.6) is 0 Å². The number of nitrogens with two attached hydrogens (primary N) is 1. The average Bonchev–Trinajstić information content (AvgIpc) is 3.53. The van der Waals surface area contributed by atoms with E-state index in [0.717, 1.165) is 42.6 Å². The minimum Gasteiger partial charge on any atom is -0.364 e. The summed E-state index contributed by atoms with van der Waals surface area (Å²) in [6.45, 7) is 3.03. The zero-order valence-corrected chi connectivity index (χ0v) is 17.6. The molecule has 3 rings (SSSR count). The Hall–Kier alpha value is -2.91. The predicted molar refractivity (Wildman–Crippen MR) is 115 cm³/mol. The van der Waals surface area contributed by atoms with Crippen LogP contribution in [0.25, 0.3) is 0 Å². The first-order valence-corrected chi connectivity index (χ1v) is 9.87. The molecular formula is C21H29FN6O2. The molecule has 0 radical (unpaired) electrons. The lowest BCUT2D eigenvalue weighted by atomic mass is 10.1. The highest BCUT2D eigenvalue weighted by Gasteiger charge is 2.29. The number of primary amides is 1. The van der Waals surface area contributed by atoms with E-state index in [1.54, 1.807) is 7.05 Å². The lowest BCUT2D eigenvalue weighted by Crippen LogP contribution is -2.18. The van der Waals surface area contributed by atoms with Gasteiger partial charge in [0.15, 0.2) is 11.5 Å². The topological polar surface area (TPSA) is 122 Å². The average molecular weight is 417 g/mol. The Morgan fingerprint density at radius 2 is 1.97 bits per heavy atom. The first-order chi connectivity index (χ1) is 14.4. The summed E-state index contributed by atoms with van der Waals surface area (Å²) in [6, 6.07) is 4.70. The number of carbonyl (C=O) groups excluding carboxylic acids is 2. The lowest BCUT2D eigenvalue weighted by Gasteiger charge is -2.13. The summed E-state index contributed by atoms with van der Waals surface area (Å²) in [6.07, 6.45) is 3.65. The van der Waals surface area contributed by atoms with Gasteiger partial charge in [0.05, 0.1) is 17.9 Å². The minimum absolute atomic E-state index is 0.0722. The molecule has 8 nitrogen and oxygen atoms in total. The molecule has 2 aromatic rings. The number of hydrogen-bond acceptors (Lipinski definition) is 7. The zero-order valence-electron chi connectivity index (χ0n) is 17.6. The monoisotopic (exact) mass is 416 g/mol. The maximum atomic E-state index is 13.9. The smallest absolute Gasteiger partial charge is 0.271 e. The molecule has 5 N–H and O–H groups in total. The SMILES string of the molecule is CNCC=O.CNCCc1cc(F)cc(Nc2nc(C3CC3)c(C)nc2C(N)=O)c1. The summed E-state index contributed by atoms with van der Waals surface area (Å²) >= 11 is 0. The van der Waals surface area contributed by atoms with Crippen LogP contribution in [0.2, 0.25) is 0 Å². The van der Waals surface area contributed by atoms with E-state index in [9.17, 15) is 14.0 Å². The highest BCUT2D eigenvalue weighted by molar-refractivity contribution is 5.96. The quantitative estimate of drug-likeness (QED) is 0.460. The molecule has 0 spiro atoms. The Balaban J connectivity index is 0.000000575. The van der Waals surface area contributed by atoms with Gasteiger partial charge in [-0.25, -0.2) is 14.4 Å². The summed E-state index contributed by atoms with van der Waals surface area (Å²) in [5.41, 5.74) is 8.47. The number of aromatic nitrogens is 2. The largest absolute Gasteiger partial charge is 0.364 e. The molecule has 0 bridgehead atoms. The molecule has 0 aliphatic heterocycles. The molecule has 1 saturated carbocycles. The molecule has 0 unspecified atom stereocenters. The molecule has 0 atom stereocenters. The van der Waals surface area contributed by atoms with Crippen molar-refractivity contribution in [3.63, 3.8) is 0 Å². The van der Waals surface area contributed by atoms with Crippen molar-refractivity contribution < 1.29 is 14.0 Å². The van der Waals surface area contributed by atoms with E-state index in [2.05, 4.69) is 25.9 Å². The summed E-state index contributed by atoms with van der Waals surface area (Å²) in [5.74, 6) is -0.342. The van der Waals surface area contributed by atoms with Gasteiger partial charge in [0.1, 0.15) is 12.1 Å². The van der Waals surface area contributed by atoms with Gasteiger partial charge in [-0.1, -0.05) is 0 Å². The van der Waals surface area contributed by atoms with Crippen LogP contribution < -0.4 is 21.7 Å². The van der Waals surface area contributed by atoms with Crippen molar-refractivity contribution >= 4 is 23.7 Å². The van der Waals surface area contributed by atoms with Crippen molar-refractivity contribution in [1.29, 1.82) is 0 Å². The van der Waals surface area contributed by atoms with Gasteiger partial charge in [-0.05, 0) is 70.6 Å². The van der Waals surface area contributed by atoms with E-state index in [1.807, 2.05) is 20.0 Å². The van der Waals surface area contributed by atoms with Gasteiger partial charge >= 0.3 is 0 Å². The van der Waals surface area contributed by atoms with Crippen molar-refractivity contribution in [1.82, 2.24) is 20.6 Å². The normalized spacial score (nSPS) is 12.7. The van der Waals surface area contributed by atoms with Gasteiger partial charge in [-0.2, -0.15) is 0 Å². The minimum atomic E-state index is -0.660. The molecule has 1 amide bonds. The summed E-state index contributed by atoms with van der Waals surface area (Å²) < 4.78 is 13.9. The fourth-order valence-corrected chi connectivity index (χ4v) is 2.89. The van der Waals surface area contributed by atoms with Crippen molar-refractivity contribution in [3.05, 3.63) is 46.7 Å². The Labute approximate surface area is 175 Å². The predicted octanol–water partition coefficient (Wildman–Crippen LogP) is 1.81. The molecule has 1 heterocycles. The van der Waals surface area contributed by atoms with Gasteiger partial charge < -0.3 is 26.5 Å². The number of aldehydes is 1. The van der Waals surface area contributed by atoms with Crippen molar-refractivity contribution in [2.45, 2.75) is 32.1 Å². The van der Waals surface area contributed by atoms with Gasteiger partial charge in [-0.15, -0.1) is 0 Å². The van der Waals surface area contributed by atoms with E-state index >= 15 is 0 Å². The third-order valence-electron chi connectivity index (χ3n) is 4.48. The Morgan fingerprint density at radius 3 is 2.50 bits per heavy atom. The molecule has 162 valence electrons. The van der Waals surface area contributed by atoms with Crippen LogP contribution in [0.15, 0.2) is 18.2 Å². The fourth-order valence-electron chi connectivity index (χ4n) is 2.89. The lowest BCUT2D eigenvalue weighted by molar-refractivity contribution is -0.107. The summed E-state index contributed by atoms with van der Waals surface area (Å²) in [5, 5.41) is 8.71. The molecule has 1 aliphatic carbocycles. The van der Waals surface area contributed by atoms with Gasteiger partial charge in [-0.3, -0.25) is 4.79 Å². The van der Waals surface area contributed by atoms with E-state index in [4.69, 9.17) is 5.73 Å². The molecule has 30 heavy (non-hydrogen) atoms. The Morgan fingerprint density at radius 1 is 1.23 bits per heavy atom. The van der Waals surface area contributed by atoms with Crippen LogP contribution in [-0.4, -0.2) is 49.3 Å². The molecular weight excluding hydrogens is 387 g/mol. The Kier molecular flexibility index (Phi) is 8.82. The number of carbonyl (C=O) groups is 2. The van der Waals surface area contributed by atoms with E-state index < -0.39 is 5.91 Å². The zero-order chi connectivity index (χ0) is 22.1. The van der Waals surface area contributed by atoms with Crippen LogP contribution in [0.3, 0.4) is 0 Å². The van der Waals surface area contributed by atoms with Crippen LogP contribution in [-0.2, 0) is 11.2 Å². The number of amides is 1. The number of likely N-dealkylation sites (N-methyl/N-ethyl adjacent to an activating group) is 2. The van der Waals surface area contributed by atoms with Crippen molar-refractivity contribution in [3.8, 4) is 0 Å². The maximum Gasteiger partial charge on any atom is 0.271 e. The standard InChI is InChI=1S/C18H22FN5O.C3H7NO/c1-10-15(12-3-4-12)24-18(16(22-10)17(20)25)23-14-8-11(5-6-21-2)7-13(19)9-14;1-4-2-3-5/h7-9,12,21H,3-6H2,1-2H3,(H2,20,25)(H,23,24);3-4H,2H2,1H3. The molecule has 1 fully saturated rings. The Bertz CT molecular complexity index is 886. The number of rotatable bonds is 9. The fraction of sp³-hybridized carbons (Fsp3) is 0.429. The first kappa shape index (κ1) is 23.4. The number of halogens is 1. The van der Waals surface area contributed by atoms with Crippen molar-refractivity contribution in [2.75, 3.05) is 32.5 Å². The summed E-state index contributed by atoms with van der Waals surface area (Å²) in [4.78, 5) is 30.0. The van der Waals surface area contributed by atoms with Crippen molar-refractivity contribution in [2.24, 2.45) is 5.73 Å². The van der Waals surface area contributed by atoms with Crippen LogP contribution in [0, 0.1) is 12.7 Å². The van der Waals surface area contributed by atoms with Crippen LogP contribution >= 0.6 is 0 Å². The molecule has 1 aliphatic rings. The molecule has 9 heteroatoms. The molecule has 0 saturated heterocycles. The number of anilines is 2. The number of nitrogens with zero attached hydrogens (tertiary/aromatic N) is 2. The second-order valence-electron chi connectivity index (χ2n) is 7.08. The van der Waals surface area contributed by atoms with E-state index in [0.29, 0.717) is 24.6 Å². The van der Waals surface area contributed by atoms with Gasteiger partial charge in [0.2, 0.25) is 0 Å². The first-order valence-electron chi connectivity index (χ1n) is 9.87. The van der Waals surface area contributed by atoms with Crippen LogP contribution in [0.4, 0.5) is 15.9 Å². The van der Waals surface area contributed by atoms with Gasteiger partial charge in [0, 0.05) is 11.6 Å². The number of aryl methyl sites for hydroxylation is 1. The number of nitrogens with one attached hydrogen (secondary N) is 3. The highest BCUT2D eigenvalue weighted by Crippen LogP contribution is 2.41. The molecule has 1 aromatic carbocycles. The van der Waals surface area contributed by atoms with E-state index in [1.165, 1.54) is 12.1 Å². The number of hydrogen-bond donors (Lipinski definition) is 4. The third-order valence-corrected chi connectivity index (χ3v) is 4.48. The maximum absolute atomic E-state index is 13.9. The molecule has 1 aromatic heterocycles. The summed E-state index contributed by atoms with van der Waals surface area (Å²) in [7, 11) is 3.58. The number of benzene rings is 1.